The number of benzene rings is 1. The summed E-state index contributed by atoms with van der Waals surface area (Å²) in [6.45, 7) is 1.46. The maximum Gasteiger partial charge on any atom is 0.124 e. The van der Waals surface area contributed by atoms with Crippen LogP contribution < -0.4 is 5.73 Å². The van der Waals surface area contributed by atoms with E-state index in [-0.39, 0.29) is 11.4 Å². The van der Waals surface area contributed by atoms with Gasteiger partial charge in [0.25, 0.3) is 0 Å². The van der Waals surface area contributed by atoms with E-state index in [1.807, 2.05) is 0 Å². The van der Waals surface area contributed by atoms with Gasteiger partial charge in [0.2, 0.25) is 0 Å². The minimum atomic E-state index is -0.311. The van der Waals surface area contributed by atoms with Gasteiger partial charge in [-0.15, -0.1) is 0 Å². The monoisotopic (exact) mass is 257 g/mol. The first-order valence-electron chi connectivity index (χ1n) is 5.90. The van der Waals surface area contributed by atoms with Crippen molar-refractivity contribution >= 4 is 11.6 Å². The Labute approximate surface area is 106 Å². The lowest BCUT2D eigenvalue weighted by Gasteiger charge is -2.28. The predicted molar refractivity (Wildman–Crippen MR) is 66.7 cm³/mol. The van der Waals surface area contributed by atoms with Crippen LogP contribution in [0.15, 0.2) is 18.2 Å². The largest absolute Gasteiger partial charge is 0.381 e. The van der Waals surface area contributed by atoms with Crippen LogP contribution in [0.2, 0.25) is 5.02 Å². The molecule has 2 rings (SSSR count). The number of halogens is 2. The second-order valence-electron chi connectivity index (χ2n) is 4.74. The van der Waals surface area contributed by atoms with Gasteiger partial charge in [-0.05, 0) is 43.4 Å². The Morgan fingerprint density at radius 2 is 2.18 bits per heavy atom. The summed E-state index contributed by atoms with van der Waals surface area (Å²) in [5, 5.41) is 0.458. The summed E-state index contributed by atoms with van der Waals surface area (Å²) in [6, 6.07) is 4.49. The first kappa shape index (κ1) is 12.8. The molecule has 0 spiro atoms. The van der Waals surface area contributed by atoms with Crippen molar-refractivity contribution in [2.75, 3.05) is 13.2 Å². The second kappa shape index (κ2) is 5.34. The van der Waals surface area contributed by atoms with Crippen LogP contribution in [-0.2, 0) is 11.2 Å². The van der Waals surface area contributed by atoms with Gasteiger partial charge in [0.1, 0.15) is 5.82 Å². The molecule has 4 heteroatoms. The molecule has 2 nitrogen and oxygen atoms in total. The van der Waals surface area contributed by atoms with Gasteiger partial charge in [0, 0.05) is 23.8 Å². The maximum absolute atomic E-state index is 13.0. The van der Waals surface area contributed by atoms with Crippen molar-refractivity contribution in [3.63, 3.8) is 0 Å². The fraction of sp³-hybridized carbons (Fsp3) is 0.538. The van der Waals surface area contributed by atoms with E-state index in [0.29, 0.717) is 18.1 Å². The summed E-state index contributed by atoms with van der Waals surface area (Å²) in [4.78, 5) is 0. The SMILES string of the molecule is NC1(Cc2ccc(F)cc2Cl)CCCOCC1. The summed E-state index contributed by atoms with van der Waals surface area (Å²) in [5.74, 6) is -0.311. The van der Waals surface area contributed by atoms with Gasteiger partial charge in [-0.2, -0.15) is 0 Å². The molecule has 94 valence electrons. The van der Waals surface area contributed by atoms with E-state index in [2.05, 4.69) is 0 Å². The quantitative estimate of drug-likeness (QED) is 0.884. The van der Waals surface area contributed by atoms with E-state index in [9.17, 15) is 4.39 Å². The molecule has 0 aliphatic carbocycles. The second-order valence-corrected chi connectivity index (χ2v) is 5.15. The van der Waals surface area contributed by atoms with Crippen LogP contribution >= 0.6 is 11.6 Å². The van der Waals surface area contributed by atoms with Gasteiger partial charge in [-0.25, -0.2) is 4.39 Å². The summed E-state index contributed by atoms with van der Waals surface area (Å²) in [7, 11) is 0. The Hall–Kier alpha value is -0.640. The highest BCUT2D eigenvalue weighted by Crippen LogP contribution is 2.27. The molecule has 1 atom stereocenters. The highest BCUT2D eigenvalue weighted by molar-refractivity contribution is 6.31. The third-order valence-electron chi connectivity index (χ3n) is 3.27. The number of hydrogen-bond acceptors (Lipinski definition) is 2. The van der Waals surface area contributed by atoms with Crippen LogP contribution in [0, 0.1) is 5.82 Å². The minimum absolute atomic E-state index is 0.280. The molecule has 1 heterocycles. The molecule has 17 heavy (non-hydrogen) atoms. The summed E-state index contributed by atoms with van der Waals surface area (Å²) in [6.07, 6.45) is 3.38. The smallest absolute Gasteiger partial charge is 0.124 e. The zero-order valence-corrected chi connectivity index (χ0v) is 10.5. The fourth-order valence-corrected chi connectivity index (χ4v) is 2.48. The van der Waals surface area contributed by atoms with Crippen molar-refractivity contribution in [2.45, 2.75) is 31.2 Å². The number of rotatable bonds is 2. The van der Waals surface area contributed by atoms with Crippen molar-refractivity contribution in [2.24, 2.45) is 5.73 Å². The van der Waals surface area contributed by atoms with Crippen molar-refractivity contribution in [3.05, 3.63) is 34.6 Å². The van der Waals surface area contributed by atoms with E-state index in [1.165, 1.54) is 12.1 Å². The van der Waals surface area contributed by atoms with Crippen LogP contribution in [0.3, 0.4) is 0 Å². The zero-order valence-electron chi connectivity index (χ0n) is 9.72. The zero-order chi connectivity index (χ0) is 12.3. The summed E-state index contributed by atoms with van der Waals surface area (Å²) < 4.78 is 18.4. The van der Waals surface area contributed by atoms with Crippen molar-refractivity contribution in [3.8, 4) is 0 Å². The molecule has 0 saturated carbocycles. The maximum atomic E-state index is 13.0. The van der Waals surface area contributed by atoms with Gasteiger partial charge in [-0.1, -0.05) is 17.7 Å². The van der Waals surface area contributed by atoms with Crippen LogP contribution in [-0.4, -0.2) is 18.8 Å². The molecule has 0 aromatic heterocycles. The lowest BCUT2D eigenvalue weighted by molar-refractivity contribution is 0.139. The van der Waals surface area contributed by atoms with E-state index in [0.717, 1.165) is 31.4 Å². The molecule has 2 N–H and O–H groups in total. The van der Waals surface area contributed by atoms with Crippen molar-refractivity contribution in [1.82, 2.24) is 0 Å². The first-order chi connectivity index (χ1) is 8.09. The minimum Gasteiger partial charge on any atom is -0.381 e. The number of hydrogen-bond donors (Lipinski definition) is 1. The molecule has 1 fully saturated rings. The normalized spacial score (nSPS) is 25.6. The molecule has 1 unspecified atom stereocenters. The van der Waals surface area contributed by atoms with Gasteiger partial charge in [0.15, 0.2) is 0 Å². The van der Waals surface area contributed by atoms with E-state index in [1.54, 1.807) is 6.07 Å². The number of ether oxygens (including phenoxy) is 1. The van der Waals surface area contributed by atoms with Gasteiger partial charge in [0.05, 0.1) is 0 Å². The number of nitrogens with two attached hydrogens (primary N) is 1. The van der Waals surface area contributed by atoms with Crippen LogP contribution in [0.1, 0.15) is 24.8 Å². The average Bonchev–Trinajstić information content (AvgIpc) is 2.48. The average molecular weight is 258 g/mol. The molecule has 1 aromatic carbocycles. The lowest BCUT2D eigenvalue weighted by atomic mass is 9.85. The Morgan fingerprint density at radius 1 is 1.35 bits per heavy atom. The molecule has 1 aliphatic rings. The Balaban J connectivity index is 2.12. The molecule has 0 amide bonds. The Kier molecular flexibility index (Phi) is 4.02. The topological polar surface area (TPSA) is 35.2 Å². The molecule has 0 radical (unpaired) electrons. The Bertz CT molecular complexity index is 389. The molecular formula is C13H17ClFNO. The Morgan fingerprint density at radius 3 is 2.94 bits per heavy atom. The molecule has 1 saturated heterocycles. The standard InChI is InChI=1S/C13H17ClFNO/c14-12-8-11(15)3-2-10(12)9-13(16)4-1-6-17-7-5-13/h2-3,8H,1,4-7,9,16H2. The van der Waals surface area contributed by atoms with E-state index in [4.69, 9.17) is 22.1 Å². The van der Waals surface area contributed by atoms with Crippen molar-refractivity contribution < 1.29 is 9.13 Å². The first-order valence-corrected chi connectivity index (χ1v) is 6.27. The van der Waals surface area contributed by atoms with Crippen molar-refractivity contribution in [1.29, 1.82) is 0 Å². The lowest BCUT2D eigenvalue weighted by Crippen LogP contribution is -2.42. The molecular weight excluding hydrogens is 241 g/mol. The van der Waals surface area contributed by atoms with Crippen LogP contribution in [0.25, 0.3) is 0 Å². The highest BCUT2D eigenvalue weighted by Gasteiger charge is 2.27. The van der Waals surface area contributed by atoms with E-state index >= 15 is 0 Å². The van der Waals surface area contributed by atoms with Crippen LogP contribution in [0.5, 0.6) is 0 Å². The third kappa shape index (κ3) is 3.41. The third-order valence-corrected chi connectivity index (χ3v) is 3.62. The van der Waals surface area contributed by atoms with Gasteiger partial charge >= 0.3 is 0 Å². The molecule has 1 aromatic rings. The fourth-order valence-electron chi connectivity index (χ4n) is 2.25. The van der Waals surface area contributed by atoms with E-state index < -0.39 is 0 Å². The van der Waals surface area contributed by atoms with Gasteiger partial charge in [-0.3, -0.25) is 0 Å². The molecule has 0 bridgehead atoms. The van der Waals surface area contributed by atoms with Crippen LogP contribution in [0.4, 0.5) is 4.39 Å². The summed E-state index contributed by atoms with van der Waals surface area (Å²) >= 11 is 6.02. The molecule has 1 aliphatic heterocycles. The predicted octanol–water partition coefficient (Wildman–Crippen LogP) is 2.92. The summed E-state index contributed by atoms with van der Waals surface area (Å²) in [5.41, 5.74) is 7.00. The van der Waals surface area contributed by atoms with Gasteiger partial charge < -0.3 is 10.5 Å². The highest BCUT2D eigenvalue weighted by atomic mass is 35.5.